The van der Waals surface area contributed by atoms with Crippen molar-refractivity contribution in [2.45, 2.75) is 46.3 Å². The quantitative estimate of drug-likeness (QED) is 0.866. The Balaban J connectivity index is 2.12. The number of hydrogen-bond acceptors (Lipinski definition) is 3. The van der Waals surface area contributed by atoms with Crippen LogP contribution in [0.2, 0.25) is 0 Å². The fraction of sp³-hybridized carbons (Fsp3) is 0.444. The summed E-state index contributed by atoms with van der Waals surface area (Å²) in [5.74, 6) is -0.243. The number of anilines is 1. The van der Waals surface area contributed by atoms with Gasteiger partial charge < -0.3 is 10.1 Å². The van der Waals surface area contributed by atoms with Crippen molar-refractivity contribution < 1.29 is 22.7 Å². The van der Waals surface area contributed by atoms with Gasteiger partial charge in [-0.15, -0.1) is 0 Å². The Kier molecular flexibility index (Phi) is 5.34. The Morgan fingerprint density at radius 3 is 2.19 bits per heavy atom. The number of aromatic nitrogens is 2. The Morgan fingerprint density at radius 2 is 1.73 bits per heavy atom. The highest BCUT2D eigenvalue weighted by Crippen LogP contribution is 2.24. The van der Waals surface area contributed by atoms with Crippen molar-refractivity contribution >= 4 is 11.6 Å². The topological polar surface area (TPSA) is 56.2 Å². The molecule has 0 radical (unpaired) electrons. The molecule has 0 bridgehead atoms. The highest BCUT2D eigenvalue weighted by atomic mass is 19.4. The molecule has 1 amide bonds. The van der Waals surface area contributed by atoms with Crippen LogP contribution < -0.4 is 10.1 Å². The minimum absolute atomic E-state index is 0.0771. The van der Waals surface area contributed by atoms with Gasteiger partial charge in [0.1, 0.15) is 5.75 Å². The molecule has 8 heteroatoms. The fourth-order valence-electron chi connectivity index (χ4n) is 2.62. The smallest absolute Gasteiger partial charge is 0.422 e. The molecule has 0 fully saturated rings. The number of aryl methyl sites for hydroxylation is 1. The maximum atomic E-state index is 12.6. The van der Waals surface area contributed by atoms with Gasteiger partial charge in [-0.05, 0) is 58.9 Å². The Hall–Kier alpha value is -2.51. The molecule has 0 saturated carbocycles. The molecule has 1 aromatic carbocycles. The van der Waals surface area contributed by atoms with Crippen LogP contribution in [0.1, 0.15) is 42.5 Å². The number of amides is 1. The molecular formula is C18H22F3N3O2. The van der Waals surface area contributed by atoms with Crippen LogP contribution in [0, 0.1) is 13.8 Å². The minimum Gasteiger partial charge on any atom is -0.484 e. The summed E-state index contributed by atoms with van der Waals surface area (Å²) in [7, 11) is 0. The lowest BCUT2D eigenvalue weighted by Crippen LogP contribution is -2.25. The third-order valence-electron chi connectivity index (χ3n) is 3.67. The van der Waals surface area contributed by atoms with Crippen molar-refractivity contribution in [3.63, 3.8) is 0 Å². The van der Waals surface area contributed by atoms with Gasteiger partial charge in [0.05, 0.1) is 16.8 Å². The SMILES string of the molecule is Cc1nn(C(C)(C)C)c(C)c1C(=O)Nc1ccc(OCC(F)(F)F)cc1. The van der Waals surface area contributed by atoms with Crippen molar-refractivity contribution in [2.75, 3.05) is 11.9 Å². The normalized spacial score (nSPS) is 12.2. The second kappa shape index (κ2) is 7.01. The predicted octanol–water partition coefficient (Wildman–Crippen LogP) is 4.45. The van der Waals surface area contributed by atoms with Crippen LogP contribution in [-0.2, 0) is 5.54 Å². The van der Waals surface area contributed by atoms with Crippen LogP contribution in [-0.4, -0.2) is 28.5 Å². The Morgan fingerprint density at radius 1 is 1.15 bits per heavy atom. The number of nitrogens with zero attached hydrogens (tertiary/aromatic N) is 2. The van der Waals surface area contributed by atoms with E-state index >= 15 is 0 Å². The van der Waals surface area contributed by atoms with Crippen LogP contribution in [0.4, 0.5) is 18.9 Å². The fourth-order valence-corrected chi connectivity index (χ4v) is 2.62. The summed E-state index contributed by atoms with van der Waals surface area (Å²) in [5, 5.41) is 7.17. The van der Waals surface area contributed by atoms with Crippen LogP contribution >= 0.6 is 0 Å². The first kappa shape index (κ1) is 19.8. The molecular weight excluding hydrogens is 347 g/mol. The molecule has 0 aliphatic heterocycles. The summed E-state index contributed by atoms with van der Waals surface area (Å²) in [6, 6.07) is 5.73. The molecule has 0 aliphatic carbocycles. The monoisotopic (exact) mass is 369 g/mol. The number of hydrogen-bond donors (Lipinski definition) is 1. The molecule has 0 unspecified atom stereocenters. The number of carbonyl (C=O) groups excluding carboxylic acids is 1. The summed E-state index contributed by atoms with van der Waals surface area (Å²) in [6.45, 7) is 8.21. The van der Waals surface area contributed by atoms with Gasteiger partial charge in [0.2, 0.25) is 0 Å². The third-order valence-corrected chi connectivity index (χ3v) is 3.67. The maximum absolute atomic E-state index is 12.6. The Labute approximate surface area is 150 Å². The number of alkyl halides is 3. The molecule has 0 spiro atoms. The van der Waals surface area contributed by atoms with Gasteiger partial charge in [-0.2, -0.15) is 18.3 Å². The highest BCUT2D eigenvalue weighted by molar-refractivity contribution is 6.05. The third kappa shape index (κ3) is 4.77. The van der Waals surface area contributed by atoms with E-state index in [1.165, 1.54) is 24.3 Å². The van der Waals surface area contributed by atoms with Crippen molar-refractivity contribution in [3.05, 3.63) is 41.2 Å². The molecule has 5 nitrogen and oxygen atoms in total. The average Bonchev–Trinajstić information content (AvgIpc) is 2.80. The summed E-state index contributed by atoms with van der Waals surface area (Å²) in [4.78, 5) is 12.6. The first-order valence-corrected chi connectivity index (χ1v) is 8.06. The highest BCUT2D eigenvalue weighted by Gasteiger charge is 2.28. The number of benzene rings is 1. The van der Waals surface area contributed by atoms with Crippen LogP contribution in [0.15, 0.2) is 24.3 Å². The molecule has 0 atom stereocenters. The van der Waals surface area contributed by atoms with E-state index in [2.05, 4.69) is 15.2 Å². The molecule has 26 heavy (non-hydrogen) atoms. The lowest BCUT2D eigenvalue weighted by molar-refractivity contribution is -0.153. The Bertz CT molecular complexity index is 788. The lowest BCUT2D eigenvalue weighted by atomic mass is 10.1. The molecule has 0 saturated heterocycles. The van der Waals surface area contributed by atoms with Crippen molar-refractivity contribution in [1.82, 2.24) is 9.78 Å². The maximum Gasteiger partial charge on any atom is 0.422 e. The number of halogens is 3. The zero-order valence-electron chi connectivity index (χ0n) is 15.4. The van der Waals surface area contributed by atoms with Gasteiger partial charge in [-0.25, -0.2) is 0 Å². The van der Waals surface area contributed by atoms with Gasteiger partial charge >= 0.3 is 6.18 Å². The minimum atomic E-state index is -4.39. The van der Waals surface area contributed by atoms with Crippen LogP contribution in [0.3, 0.4) is 0 Å². The standard InChI is InChI=1S/C18H22F3N3O2/c1-11-15(12(2)24(23-11)17(3,4)5)16(25)22-13-6-8-14(9-7-13)26-10-18(19,20)21/h6-9H,10H2,1-5H3,(H,22,25). The van der Waals surface area contributed by atoms with E-state index in [9.17, 15) is 18.0 Å². The molecule has 2 rings (SSSR count). The van der Waals surface area contributed by atoms with E-state index in [1.54, 1.807) is 11.6 Å². The summed E-state index contributed by atoms with van der Waals surface area (Å²) >= 11 is 0. The molecule has 2 aromatic rings. The molecule has 1 heterocycles. The zero-order chi connectivity index (χ0) is 19.7. The largest absolute Gasteiger partial charge is 0.484 e. The summed E-state index contributed by atoms with van der Waals surface area (Å²) in [6.07, 6.45) is -4.39. The van der Waals surface area contributed by atoms with Crippen molar-refractivity contribution in [2.24, 2.45) is 0 Å². The lowest BCUT2D eigenvalue weighted by Gasteiger charge is -2.21. The van der Waals surface area contributed by atoms with E-state index in [1.807, 2.05) is 27.7 Å². The second-order valence-electron chi connectivity index (χ2n) is 7.01. The van der Waals surface area contributed by atoms with Crippen LogP contribution in [0.25, 0.3) is 0 Å². The first-order chi connectivity index (χ1) is 11.9. The van der Waals surface area contributed by atoms with E-state index in [4.69, 9.17) is 0 Å². The molecule has 1 N–H and O–H groups in total. The van der Waals surface area contributed by atoms with Crippen LogP contribution in [0.5, 0.6) is 5.75 Å². The van der Waals surface area contributed by atoms with Crippen molar-refractivity contribution in [1.29, 1.82) is 0 Å². The molecule has 1 aromatic heterocycles. The molecule has 142 valence electrons. The van der Waals surface area contributed by atoms with E-state index in [0.29, 0.717) is 16.9 Å². The van der Waals surface area contributed by atoms with E-state index < -0.39 is 12.8 Å². The van der Waals surface area contributed by atoms with Gasteiger partial charge in [0, 0.05) is 11.4 Å². The first-order valence-electron chi connectivity index (χ1n) is 8.06. The van der Waals surface area contributed by atoms with E-state index in [0.717, 1.165) is 5.69 Å². The molecule has 0 aliphatic rings. The van der Waals surface area contributed by atoms with Gasteiger partial charge in [-0.1, -0.05) is 0 Å². The predicted molar refractivity (Wildman–Crippen MR) is 92.6 cm³/mol. The average molecular weight is 369 g/mol. The van der Waals surface area contributed by atoms with E-state index in [-0.39, 0.29) is 17.2 Å². The zero-order valence-corrected chi connectivity index (χ0v) is 15.4. The number of ether oxygens (including phenoxy) is 1. The van der Waals surface area contributed by atoms with Gasteiger partial charge in [0.25, 0.3) is 5.91 Å². The second-order valence-corrected chi connectivity index (χ2v) is 7.01. The van der Waals surface area contributed by atoms with Gasteiger partial charge in [-0.3, -0.25) is 9.48 Å². The number of rotatable bonds is 4. The van der Waals surface area contributed by atoms with Crippen molar-refractivity contribution in [3.8, 4) is 5.75 Å². The van der Waals surface area contributed by atoms with Gasteiger partial charge in [0.15, 0.2) is 6.61 Å². The summed E-state index contributed by atoms with van der Waals surface area (Å²) < 4.78 is 42.9. The number of nitrogens with one attached hydrogen (secondary N) is 1. The summed E-state index contributed by atoms with van der Waals surface area (Å²) in [5.41, 5.74) is 2.04. The number of carbonyl (C=O) groups is 1.